The Hall–Kier alpha value is -2.30. The summed E-state index contributed by atoms with van der Waals surface area (Å²) in [7, 11) is 0. The summed E-state index contributed by atoms with van der Waals surface area (Å²) in [5, 5.41) is 17.9. The number of carboxylic acids is 2. The lowest BCUT2D eigenvalue weighted by atomic mass is 10.0. The maximum Gasteiger partial charge on any atom is 0.347 e. The molecule has 0 atom stereocenters. The first kappa shape index (κ1) is 15.8. The third kappa shape index (κ3) is 3.85. The largest absolute Gasteiger partial charge is 0.478 e. The molecule has 0 radical (unpaired) electrons. The van der Waals surface area contributed by atoms with E-state index < -0.39 is 17.5 Å². The van der Waals surface area contributed by atoms with Gasteiger partial charge in [-0.3, -0.25) is 0 Å². The molecule has 0 aliphatic heterocycles. The van der Waals surface area contributed by atoms with Crippen LogP contribution in [0.15, 0.2) is 24.3 Å². The Morgan fingerprint density at radius 3 is 2.35 bits per heavy atom. The van der Waals surface area contributed by atoms with Gasteiger partial charge in [0.15, 0.2) is 5.60 Å². The van der Waals surface area contributed by atoms with Crippen molar-refractivity contribution in [1.29, 1.82) is 0 Å². The SMILES string of the molecule is C/C(=C\C(=O)O)c1cc(C)ccc1OC(C)(C)C(=O)O. The molecule has 0 amide bonds. The van der Waals surface area contributed by atoms with Gasteiger partial charge in [-0.2, -0.15) is 0 Å². The number of benzene rings is 1. The summed E-state index contributed by atoms with van der Waals surface area (Å²) in [5.74, 6) is -1.81. The summed E-state index contributed by atoms with van der Waals surface area (Å²) in [4.78, 5) is 21.9. The van der Waals surface area contributed by atoms with Crippen molar-refractivity contribution in [3.05, 3.63) is 35.4 Å². The monoisotopic (exact) mass is 278 g/mol. The molecule has 0 heterocycles. The minimum absolute atomic E-state index is 0.345. The highest BCUT2D eigenvalue weighted by atomic mass is 16.5. The molecule has 0 aliphatic carbocycles. The Morgan fingerprint density at radius 1 is 1.25 bits per heavy atom. The molecule has 20 heavy (non-hydrogen) atoms. The van der Waals surface area contributed by atoms with Gasteiger partial charge in [0.05, 0.1) is 0 Å². The predicted molar refractivity (Wildman–Crippen MR) is 74.8 cm³/mol. The van der Waals surface area contributed by atoms with Crippen LogP contribution in [0, 0.1) is 6.92 Å². The molecule has 0 saturated carbocycles. The number of allylic oxidation sites excluding steroid dienone is 1. The average Bonchev–Trinajstić information content (AvgIpc) is 2.30. The van der Waals surface area contributed by atoms with Crippen LogP contribution in [0.5, 0.6) is 5.75 Å². The van der Waals surface area contributed by atoms with Gasteiger partial charge >= 0.3 is 11.9 Å². The third-order valence-corrected chi connectivity index (χ3v) is 2.78. The molecule has 0 aromatic heterocycles. The van der Waals surface area contributed by atoms with Crippen LogP contribution in [0.25, 0.3) is 5.57 Å². The highest BCUT2D eigenvalue weighted by Gasteiger charge is 2.30. The van der Waals surface area contributed by atoms with E-state index in [-0.39, 0.29) is 0 Å². The highest BCUT2D eigenvalue weighted by Crippen LogP contribution is 2.30. The zero-order valence-electron chi connectivity index (χ0n) is 11.9. The third-order valence-electron chi connectivity index (χ3n) is 2.78. The molecule has 2 N–H and O–H groups in total. The van der Waals surface area contributed by atoms with Crippen molar-refractivity contribution < 1.29 is 24.5 Å². The molecular formula is C15H18O5. The Morgan fingerprint density at radius 2 is 1.85 bits per heavy atom. The molecule has 5 heteroatoms. The van der Waals surface area contributed by atoms with Crippen molar-refractivity contribution in [3.63, 3.8) is 0 Å². The lowest BCUT2D eigenvalue weighted by Crippen LogP contribution is -2.38. The predicted octanol–water partition coefficient (Wildman–Crippen LogP) is 2.72. The first-order chi connectivity index (χ1) is 9.13. The van der Waals surface area contributed by atoms with Crippen molar-refractivity contribution >= 4 is 17.5 Å². The van der Waals surface area contributed by atoms with Crippen LogP contribution in [0.4, 0.5) is 0 Å². The molecule has 0 bridgehead atoms. The first-order valence-electron chi connectivity index (χ1n) is 6.08. The van der Waals surface area contributed by atoms with Gasteiger partial charge in [-0.25, -0.2) is 9.59 Å². The van der Waals surface area contributed by atoms with Gasteiger partial charge < -0.3 is 14.9 Å². The Labute approximate surface area is 117 Å². The minimum Gasteiger partial charge on any atom is -0.478 e. The van der Waals surface area contributed by atoms with E-state index >= 15 is 0 Å². The van der Waals surface area contributed by atoms with Gasteiger partial charge in [0.25, 0.3) is 0 Å². The van der Waals surface area contributed by atoms with Gasteiger partial charge in [-0.15, -0.1) is 0 Å². The Kier molecular flexibility index (Phi) is 4.55. The van der Waals surface area contributed by atoms with Crippen molar-refractivity contribution in [1.82, 2.24) is 0 Å². The van der Waals surface area contributed by atoms with E-state index in [1.165, 1.54) is 13.8 Å². The number of carboxylic acid groups (broad SMARTS) is 2. The van der Waals surface area contributed by atoms with Crippen molar-refractivity contribution in [3.8, 4) is 5.75 Å². The van der Waals surface area contributed by atoms with E-state index in [9.17, 15) is 9.59 Å². The van der Waals surface area contributed by atoms with Crippen LogP contribution < -0.4 is 4.74 Å². The van der Waals surface area contributed by atoms with Gasteiger partial charge in [0.1, 0.15) is 5.75 Å². The fourth-order valence-electron chi connectivity index (χ4n) is 1.62. The molecule has 5 nitrogen and oxygen atoms in total. The number of hydrogen-bond acceptors (Lipinski definition) is 3. The molecule has 1 aromatic carbocycles. The van der Waals surface area contributed by atoms with Crippen LogP contribution in [0.1, 0.15) is 31.9 Å². The topological polar surface area (TPSA) is 83.8 Å². The van der Waals surface area contributed by atoms with Gasteiger partial charge in [-0.1, -0.05) is 11.6 Å². The lowest BCUT2D eigenvalue weighted by molar-refractivity contribution is -0.152. The van der Waals surface area contributed by atoms with E-state index in [4.69, 9.17) is 14.9 Å². The van der Waals surface area contributed by atoms with E-state index in [1.807, 2.05) is 6.92 Å². The van der Waals surface area contributed by atoms with Crippen LogP contribution in [-0.2, 0) is 9.59 Å². The van der Waals surface area contributed by atoms with Crippen molar-refractivity contribution in [2.45, 2.75) is 33.3 Å². The van der Waals surface area contributed by atoms with E-state index in [0.29, 0.717) is 16.9 Å². The molecule has 1 rings (SSSR count). The zero-order chi connectivity index (χ0) is 15.5. The maximum absolute atomic E-state index is 11.1. The van der Waals surface area contributed by atoms with E-state index in [0.717, 1.165) is 11.6 Å². The van der Waals surface area contributed by atoms with Gasteiger partial charge in [0.2, 0.25) is 0 Å². The second-order valence-corrected chi connectivity index (χ2v) is 5.08. The number of hydrogen-bond donors (Lipinski definition) is 2. The molecule has 1 aromatic rings. The molecule has 0 saturated heterocycles. The number of aryl methyl sites for hydroxylation is 1. The summed E-state index contributed by atoms with van der Waals surface area (Å²) < 4.78 is 5.52. The fourth-order valence-corrected chi connectivity index (χ4v) is 1.62. The van der Waals surface area contributed by atoms with E-state index in [1.54, 1.807) is 25.1 Å². The molecule has 0 aliphatic rings. The Bertz CT molecular complexity index is 570. The quantitative estimate of drug-likeness (QED) is 0.809. The summed E-state index contributed by atoms with van der Waals surface area (Å²) in [6.45, 7) is 6.39. The van der Waals surface area contributed by atoms with Crippen LogP contribution >= 0.6 is 0 Å². The molecule has 0 spiro atoms. The maximum atomic E-state index is 11.1. The normalized spacial score (nSPS) is 12.1. The molecular weight excluding hydrogens is 260 g/mol. The smallest absolute Gasteiger partial charge is 0.347 e. The summed E-state index contributed by atoms with van der Waals surface area (Å²) in [6.07, 6.45) is 1.06. The summed E-state index contributed by atoms with van der Waals surface area (Å²) >= 11 is 0. The van der Waals surface area contributed by atoms with Crippen molar-refractivity contribution in [2.75, 3.05) is 0 Å². The van der Waals surface area contributed by atoms with Gasteiger partial charge in [0, 0.05) is 11.6 Å². The fraction of sp³-hybridized carbons (Fsp3) is 0.333. The minimum atomic E-state index is -1.40. The molecule has 108 valence electrons. The van der Waals surface area contributed by atoms with Crippen LogP contribution in [0.3, 0.4) is 0 Å². The average molecular weight is 278 g/mol. The standard InChI is InChI=1S/C15H18O5/c1-9-5-6-12(20-15(3,4)14(18)19)11(7-9)10(2)8-13(16)17/h5-8H,1-4H3,(H,16,17)(H,18,19)/b10-8+. The number of ether oxygens (including phenoxy) is 1. The molecule has 0 fully saturated rings. The van der Waals surface area contributed by atoms with Gasteiger partial charge in [-0.05, 0) is 45.4 Å². The lowest BCUT2D eigenvalue weighted by Gasteiger charge is -2.23. The highest BCUT2D eigenvalue weighted by molar-refractivity contribution is 5.90. The summed E-state index contributed by atoms with van der Waals surface area (Å²) in [5.41, 5.74) is 0.603. The second kappa shape index (κ2) is 5.77. The van der Waals surface area contributed by atoms with Crippen LogP contribution in [0.2, 0.25) is 0 Å². The second-order valence-electron chi connectivity index (χ2n) is 5.08. The number of carbonyl (C=O) groups is 2. The Balaban J connectivity index is 3.28. The van der Waals surface area contributed by atoms with Crippen LogP contribution in [-0.4, -0.2) is 27.8 Å². The van der Waals surface area contributed by atoms with E-state index in [2.05, 4.69) is 0 Å². The number of rotatable bonds is 5. The first-order valence-corrected chi connectivity index (χ1v) is 6.08. The number of aliphatic carboxylic acids is 2. The zero-order valence-corrected chi connectivity index (χ0v) is 11.9. The summed E-state index contributed by atoms with van der Waals surface area (Å²) in [6, 6.07) is 5.20. The molecule has 0 unspecified atom stereocenters. The van der Waals surface area contributed by atoms with Crippen molar-refractivity contribution in [2.24, 2.45) is 0 Å².